The highest BCUT2D eigenvalue weighted by Gasteiger charge is 2.30. The second-order valence-electron chi connectivity index (χ2n) is 7.12. The minimum absolute atomic E-state index is 0. The van der Waals surface area contributed by atoms with Gasteiger partial charge in [-0.15, -0.1) is 24.8 Å². The highest BCUT2D eigenvalue weighted by atomic mass is 35.5. The Labute approximate surface area is 163 Å². The van der Waals surface area contributed by atoms with Crippen LogP contribution in [0.4, 0.5) is 0 Å². The van der Waals surface area contributed by atoms with Crippen LogP contribution in [0.15, 0.2) is 24.3 Å². The van der Waals surface area contributed by atoms with Gasteiger partial charge in [-0.1, -0.05) is 36.8 Å². The molecular weight excluding hydrogens is 357 g/mol. The van der Waals surface area contributed by atoms with Crippen molar-refractivity contribution < 1.29 is 4.79 Å². The van der Waals surface area contributed by atoms with Gasteiger partial charge in [-0.25, -0.2) is 0 Å². The Morgan fingerprint density at radius 2 is 1.80 bits per heavy atom. The Morgan fingerprint density at radius 1 is 1.20 bits per heavy atom. The number of likely N-dealkylation sites (tertiary alicyclic amines) is 1. The van der Waals surface area contributed by atoms with Gasteiger partial charge in [0.25, 0.3) is 0 Å². The average molecular weight is 388 g/mol. The lowest BCUT2D eigenvalue weighted by atomic mass is 9.88. The molecule has 1 aromatic rings. The van der Waals surface area contributed by atoms with Gasteiger partial charge in [-0.3, -0.25) is 9.69 Å². The van der Waals surface area contributed by atoms with E-state index in [9.17, 15) is 4.79 Å². The summed E-state index contributed by atoms with van der Waals surface area (Å²) in [5.41, 5.74) is 2.60. The van der Waals surface area contributed by atoms with Crippen LogP contribution in [0, 0.1) is 18.8 Å². The number of halogens is 2. The van der Waals surface area contributed by atoms with Gasteiger partial charge >= 0.3 is 0 Å². The summed E-state index contributed by atoms with van der Waals surface area (Å²) in [4.78, 5) is 14.9. The third kappa shape index (κ3) is 5.58. The van der Waals surface area contributed by atoms with Crippen molar-refractivity contribution in [3.8, 4) is 0 Å². The Bertz CT molecular complexity index is 528. The van der Waals surface area contributed by atoms with Crippen molar-refractivity contribution in [3.63, 3.8) is 0 Å². The van der Waals surface area contributed by atoms with E-state index in [-0.39, 0.29) is 36.6 Å². The summed E-state index contributed by atoms with van der Waals surface area (Å²) in [5, 5.41) is 6.46. The fourth-order valence-corrected chi connectivity index (χ4v) is 3.54. The predicted octanol–water partition coefficient (Wildman–Crippen LogP) is 2.95. The van der Waals surface area contributed by atoms with Gasteiger partial charge in [0.05, 0.1) is 6.04 Å². The lowest BCUT2D eigenvalue weighted by molar-refractivity contribution is -0.126. The molecule has 0 aromatic heterocycles. The van der Waals surface area contributed by atoms with Gasteiger partial charge in [-0.2, -0.15) is 0 Å². The van der Waals surface area contributed by atoms with Gasteiger partial charge in [0.15, 0.2) is 0 Å². The van der Waals surface area contributed by atoms with Gasteiger partial charge in [0.2, 0.25) is 5.91 Å². The molecule has 0 radical (unpaired) electrons. The van der Waals surface area contributed by atoms with Crippen molar-refractivity contribution in [1.29, 1.82) is 0 Å². The molecule has 6 heteroatoms. The molecule has 1 amide bonds. The summed E-state index contributed by atoms with van der Waals surface area (Å²) < 4.78 is 0. The van der Waals surface area contributed by atoms with E-state index >= 15 is 0 Å². The van der Waals surface area contributed by atoms with E-state index in [1.165, 1.54) is 24.0 Å². The van der Waals surface area contributed by atoms with Crippen LogP contribution in [0.1, 0.15) is 36.9 Å². The number of carbonyl (C=O) groups excluding carboxylic acids is 1. The van der Waals surface area contributed by atoms with Crippen molar-refractivity contribution in [2.75, 3.05) is 32.7 Å². The monoisotopic (exact) mass is 387 g/mol. The lowest BCUT2D eigenvalue weighted by Crippen LogP contribution is -2.50. The third-order valence-electron chi connectivity index (χ3n) is 5.45. The Hall–Kier alpha value is -0.810. The topological polar surface area (TPSA) is 44.4 Å². The minimum Gasteiger partial charge on any atom is -0.354 e. The van der Waals surface area contributed by atoms with Crippen molar-refractivity contribution >= 4 is 30.7 Å². The Balaban J connectivity index is 0.00000156. The fourth-order valence-electron chi connectivity index (χ4n) is 3.54. The van der Waals surface area contributed by atoms with Crippen LogP contribution in [-0.4, -0.2) is 43.5 Å². The summed E-state index contributed by atoms with van der Waals surface area (Å²) in [6.07, 6.45) is 2.53. The van der Waals surface area contributed by atoms with Crippen LogP contribution < -0.4 is 10.6 Å². The van der Waals surface area contributed by atoms with Crippen molar-refractivity contribution in [1.82, 2.24) is 15.5 Å². The van der Waals surface area contributed by atoms with Gasteiger partial charge in [0.1, 0.15) is 0 Å². The quantitative estimate of drug-likeness (QED) is 0.788. The van der Waals surface area contributed by atoms with Crippen molar-refractivity contribution in [2.45, 2.75) is 32.7 Å². The van der Waals surface area contributed by atoms with E-state index in [2.05, 4.69) is 53.6 Å². The first-order chi connectivity index (χ1) is 11.1. The smallest absolute Gasteiger partial charge is 0.223 e. The fraction of sp³-hybridized carbons (Fsp3) is 0.632. The molecule has 25 heavy (non-hydrogen) atoms. The van der Waals surface area contributed by atoms with Crippen LogP contribution in [-0.2, 0) is 4.79 Å². The van der Waals surface area contributed by atoms with Gasteiger partial charge in [0, 0.05) is 12.5 Å². The second-order valence-corrected chi connectivity index (χ2v) is 7.12. The normalized spacial score (nSPS) is 19.9. The molecule has 2 aliphatic heterocycles. The molecule has 0 spiro atoms. The molecule has 2 unspecified atom stereocenters. The number of nitrogens with zero attached hydrogens (tertiary/aromatic N) is 1. The minimum atomic E-state index is 0. The summed E-state index contributed by atoms with van der Waals surface area (Å²) in [5.74, 6) is 0.806. The number of rotatable bonds is 6. The van der Waals surface area contributed by atoms with E-state index in [1.807, 2.05) is 0 Å². The SMILES string of the molecule is Cc1ccc(C(CNC(=O)C(C)C2CNC2)N2CCCC2)cc1.Cl.Cl. The predicted molar refractivity (Wildman–Crippen MR) is 108 cm³/mol. The summed E-state index contributed by atoms with van der Waals surface area (Å²) >= 11 is 0. The first-order valence-corrected chi connectivity index (χ1v) is 8.94. The molecule has 1 aromatic carbocycles. The molecule has 2 saturated heterocycles. The molecule has 2 N–H and O–H groups in total. The van der Waals surface area contributed by atoms with Crippen LogP contribution in [0.5, 0.6) is 0 Å². The van der Waals surface area contributed by atoms with Crippen LogP contribution >= 0.6 is 24.8 Å². The second kappa shape index (κ2) is 10.4. The molecule has 0 saturated carbocycles. The number of amides is 1. The van der Waals surface area contributed by atoms with Crippen molar-refractivity contribution in [2.24, 2.45) is 11.8 Å². The maximum Gasteiger partial charge on any atom is 0.223 e. The van der Waals surface area contributed by atoms with Crippen LogP contribution in [0.25, 0.3) is 0 Å². The van der Waals surface area contributed by atoms with E-state index in [1.54, 1.807) is 0 Å². The molecule has 2 atom stereocenters. The molecule has 0 aliphatic carbocycles. The standard InChI is InChI=1S/C19H29N3O.2ClH/c1-14-5-7-16(8-6-14)18(22-9-3-4-10-22)13-21-19(23)15(2)17-11-20-12-17;;/h5-8,15,17-18,20H,3-4,9-13H2,1-2H3,(H,21,23);2*1H. The first-order valence-electron chi connectivity index (χ1n) is 8.94. The van der Waals surface area contributed by atoms with Gasteiger partial charge in [-0.05, 0) is 57.4 Å². The molecule has 2 heterocycles. The van der Waals surface area contributed by atoms with Crippen LogP contribution in [0.3, 0.4) is 0 Å². The summed E-state index contributed by atoms with van der Waals surface area (Å²) in [7, 11) is 0. The van der Waals surface area contributed by atoms with E-state index < -0.39 is 0 Å². The summed E-state index contributed by atoms with van der Waals surface area (Å²) in [6.45, 7) is 9.10. The largest absolute Gasteiger partial charge is 0.354 e. The van der Waals surface area contributed by atoms with Gasteiger partial charge < -0.3 is 10.6 Å². The number of hydrogen-bond donors (Lipinski definition) is 2. The molecule has 4 nitrogen and oxygen atoms in total. The molecule has 3 rings (SSSR count). The number of benzene rings is 1. The average Bonchev–Trinajstić information content (AvgIpc) is 3.01. The molecular formula is C19H31Cl2N3O. The maximum atomic E-state index is 12.4. The van der Waals surface area contributed by atoms with E-state index in [4.69, 9.17) is 0 Å². The molecule has 2 fully saturated rings. The molecule has 0 bridgehead atoms. The molecule has 2 aliphatic rings. The van der Waals surface area contributed by atoms with E-state index in [0.29, 0.717) is 18.5 Å². The number of hydrogen-bond acceptors (Lipinski definition) is 3. The highest BCUT2D eigenvalue weighted by Crippen LogP contribution is 2.25. The molecule has 142 valence electrons. The zero-order valence-corrected chi connectivity index (χ0v) is 16.8. The first kappa shape index (κ1) is 22.2. The lowest BCUT2D eigenvalue weighted by Gasteiger charge is -2.33. The van der Waals surface area contributed by atoms with Crippen LogP contribution in [0.2, 0.25) is 0 Å². The van der Waals surface area contributed by atoms with Crippen molar-refractivity contribution in [3.05, 3.63) is 35.4 Å². The Morgan fingerprint density at radius 3 is 2.32 bits per heavy atom. The maximum absolute atomic E-state index is 12.4. The third-order valence-corrected chi connectivity index (χ3v) is 5.45. The number of aryl methyl sites for hydroxylation is 1. The zero-order chi connectivity index (χ0) is 16.2. The summed E-state index contributed by atoms with van der Waals surface area (Å²) in [6, 6.07) is 9.06. The highest BCUT2D eigenvalue weighted by molar-refractivity contribution is 5.85. The van der Waals surface area contributed by atoms with E-state index in [0.717, 1.165) is 26.2 Å². The number of carbonyl (C=O) groups is 1. The Kier molecular flexibility index (Phi) is 9.22. The number of nitrogens with one attached hydrogen (secondary N) is 2. The zero-order valence-electron chi connectivity index (χ0n) is 15.2.